The van der Waals surface area contributed by atoms with Crippen LogP contribution >= 0.6 is 0 Å². The molecule has 8 heteroatoms. The molecule has 1 unspecified atom stereocenters. The summed E-state index contributed by atoms with van der Waals surface area (Å²) in [5.41, 5.74) is 2.98. The zero-order chi connectivity index (χ0) is 18.6. The Morgan fingerprint density at radius 2 is 2.00 bits per heavy atom. The van der Waals surface area contributed by atoms with Crippen molar-refractivity contribution in [3.63, 3.8) is 0 Å². The van der Waals surface area contributed by atoms with Crippen molar-refractivity contribution in [2.45, 2.75) is 38.3 Å². The van der Waals surface area contributed by atoms with Gasteiger partial charge in [-0.3, -0.25) is 0 Å². The third kappa shape index (κ3) is 2.65. The maximum Gasteiger partial charge on any atom is 0.433 e. The second kappa shape index (κ2) is 5.62. The molecule has 2 aliphatic rings. The Morgan fingerprint density at radius 1 is 1.27 bits per heavy atom. The molecular formula is C18H18F3N5. The lowest BCUT2D eigenvalue weighted by atomic mass is 9.87. The summed E-state index contributed by atoms with van der Waals surface area (Å²) in [7, 11) is 0. The van der Waals surface area contributed by atoms with Gasteiger partial charge in [0.2, 0.25) is 0 Å². The molecule has 0 radical (unpaired) electrons. The van der Waals surface area contributed by atoms with E-state index in [2.05, 4.69) is 27.3 Å². The lowest BCUT2D eigenvalue weighted by Gasteiger charge is -2.19. The number of fused-ring (bicyclic) bond motifs is 2. The molecule has 0 spiro atoms. The molecule has 2 N–H and O–H groups in total. The number of alkyl halides is 3. The smallest absolute Gasteiger partial charge is 0.341 e. The van der Waals surface area contributed by atoms with E-state index in [9.17, 15) is 13.2 Å². The zero-order valence-corrected chi connectivity index (χ0v) is 14.4. The summed E-state index contributed by atoms with van der Waals surface area (Å²) in [6.07, 6.45) is 1.38. The first-order chi connectivity index (χ1) is 12.2. The van der Waals surface area contributed by atoms with Gasteiger partial charge in [-0.2, -0.15) is 18.3 Å². The van der Waals surface area contributed by atoms with Gasteiger partial charge in [0, 0.05) is 11.5 Å². The van der Waals surface area contributed by atoms with Gasteiger partial charge in [-0.25, -0.2) is 9.50 Å². The minimum Gasteiger partial charge on any atom is -0.341 e. The molecule has 1 fully saturated rings. The number of rotatable bonds is 2. The topological polar surface area (TPSA) is 54.2 Å². The fraction of sp³-hybridized carbons (Fsp3) is 0.333. The second-order valence-corrected chi connectivity index (χ2v) is 6.82. The lowest BCUT2D eigenvalue weighted by molar-refractivity contribution is -0.141. The SMILES string of the molecule is C=C1NC2=CCC(c3c(C(C)C)nn4cnc(C(F)(F)F)cc34)C=C2N1. The van der Waals surface area contributed by atoms with Crippen LogP contribution in [0.2, 0.25) is 0 Å². The van der Waals surface area contributed by atoms with E-state index < -0.39 is 11.9 Å². The van der Waals surface area contributed by atoms with Gasteiger partial charge in [-0.15, -0.1) is 0 Å². The van der Waals surface area contributed by atoms with Crippen LogP contribution in [-0.2, 0) is 6.18 Å². The van der Waals surface area contributed by atoms with Gasteiger partial charge >= 0.3 is 6.18 Å². The van der Waals surface area contributed by atoms with Gasteiger partial charge in [-0.1, -0.05) is 32.6 Å². The van der Waals surface area contributed by atoms with E-state index >= 15 is 0 Å². The normalized spacial score (nSPS) is 19.9. The van der Waals surface area contributed by atoms with E-state index in [1.165, 1.54) is 4.52 Å². The molecule has 3 heterocycles. The quantitative estimate of drug-likeness (QED) is 0.855. The van der Waals surface area contributed by atoms with Crippen LogP contribution in [0.15, 0.2) is 48.3 Å². The highest BCUT2D eigenvalue weighted by atomic mass is 19.4. The number of nitrogens with one attached hydrogen (secondary N) is 2. The molecule has 4 rings (SSSR count). The van der Waals surface area contributed by atoms with Crippen LogP contribution in [0.4, 0.5) is 13.2 Å². The van der Waals surface area contributed by atoms with Crippen molar-refractivity contribution >= 4 is 5.52 Å². The van der Waals surface area contributed by atoms with E-state index in [1.807, 2.05) is 26.0 Å². The van der Waals surface area contributed by atoms with Crippen LogP contribution in [0.5, 0.6) is 0 Å². The molecule has 0 bridgehead atoms. The van der Waals surface area contributed by atoms with Gasteiger partial charge in [0.05, 0.1) is 22.6 Å². The molecule has 1 aliphatic carbocycles. The monoisotopic (exact) mass is 361 g/mol. The van der Waals surface area contributed by atoms with E-state index in [0.717, 1.165) is 35.0 Å². The number of halogens is 3. The average Bonchev–Trinajstić information content (AvgIpc) is 3.11. The maximum atomic E-state index is 13.1. The predicted molar refractivity (Wildman–Crippen MR) is 91.0 cm³/mol. The van der Waals surface area contributed by atoms with Crippen LogP contribution in [0.25, 0.3) is 5.52 Å². The van der Waals surface area contributed by atoms with Crippen LogP contribution in [0, 0.1) is 0 Å². The van der Waals surface area contributed by atoms with Gasteiger partial charge in [0.25, 0.3) is 0 Å². The van der Waals surface area contributed by atoms with Crippen molar-refractivity contribution in [3.05, 3.63) is 65.3 Å². The molecule has 1 aliphatic heterocycles. The molecule has 0 amide bonds. The van der Waals surface area contributed by atoms with E-state index in [-0.39, 0.29) is 11.8 Å². The Bertz CT molecular complexity index is 965. The highest BCUT2D eigenvalue weighted by molar-refractivity contribution is 5.62. The molecule has 136 valence electrons. The van der Waals surface area contributed by atoms with E-state index in [0.29, 0.717) is 17.8 Å². The van der Waals surface area contributed by atoms with Gasteiger partial charge < -0.3 is 10.6 Å². The van der Waals surface area contributed by atoms with Crippen LogP contribution in [0.3, 0.4) is 0 Å². The summed E-state index contributed by atoms with van der Waals surface area (Å²) in [5.74, 6) is 0.690. The third-order valence-corrected chi connectivity index (χ3v) is 4.61. The summed E-state index contributed by atoms with van der Waals surface area (Å²) >= 11 is 0. The predicted octanol–water partition coefficient (Wildman–Crippen LogP) is 3.79. The lowest BCUT2D eigenvalue weighted by Crippen LogP contribution is -2.11. The summed E-state index contributed by atoms with van der Waals surface area (Å²) in [6.45, 7) is 7.81. The first kappa shape index (κ1) is 16.7. The van der Waals surface area contributed by atoms with Gasteiger partial charge in [-0.05, 0) is 18.4 Å². The molecule has 26 heavy (non-hydrogen) atoms. The number of nitrogens with zero attached hydrogens (tertiary/aromatic N) is 3. The fourth-order valence-electron chi connectivity index (χ4n) is 3.45. The Kier molecular flexibility index (Phi) is 3.61. The maximum absolute atomic E-state index is 13.1. The molecule has 1 atom stereocenters. The van der Waals surface area contributed by atoms with Crippen molar-refractivity contribution in [3.8, 4) is 0 Å². The fourth-order valence-corrected chi connectivity index (χ4v) is 3.45. The van der Waals surface area contributed by atoms with E-state index in [4.69, 9.17) is 0 Å². The molecule has 2 aromatic rings. The highest BCUT2D eigenvalue weighted by Gasteiger charge is 2.34. The average molecular weight is 361 g/mol. The minimum atomic E-state index is -4.49. The van der Waals surface area contributed by atoms with Crippen LogP contribution < -0.4 is 10.6 Å². The van der Waals surface area contributed by atoms with Gasteiger partial charge in [0.15, 0.2) is 0 Å². The summed E-state index contributed by atoms with van der Waals surface area (Å²) < 4.78 is 40.8. The number of allylic oxidation sites excluding steroid dienone is 2. The molecule has 1 saturated heterocycles. The number of hydrogen-bond acceptors (Lipinski definition) is 4. The minimum absolute atomic E-state index is 0.0765. The Hall–Kier alpha value is -2.77. The first-order valence-electron chi connectivity index (χ1n) is 8.34. The van der Waals surface area contributed by atoms with Crippen molar-refractivity contribution < 1.29 is 13.2 Å². The molecule has 0 aromatic carbocycles. The van der Waals surface area contributed by atoms with Crippen molar-refractivity contribution in [2.75, 3.05) is 0 Å². The molecular weight excluding hydrogens is 343 g/mol. The summed E-state index contributed by atoms with van der Waals surface area (Å²) in [5, 5.41) is 10.8. The summed E-state index contributed by atoms with van der Waals surface area (Å²) in [6, 6.07) is 1.09. The number of aromatic nitrogens is 3. The first-order valence-corrected chi connectivity index (χ1v) is 8.34. The van der Waals surface area contributed by atoms with Crippen molar-refractivity contribution in [1.82, 2.24) is 25.2 Å². The Labute approximate surface area is 148 Å². The Balaban J connectivity index is 1.87. The largest absolute Gasteiger partial charge is 0.433 e. The highest BCUT2D eigenvalue weighted by Crippen LogP contribution is 2.38. The van der Waals surface area contributed by atoms with Gasteiger partial charge in [0.1, 0.15) is 17.8 Å². The Morgan fingerprint density at radius 3 is 2.69 bits per heavy atom. The third-order valence-electron chi connectivity index (χ3n) is 4.61. The molecule has 5 nitrogen and oxygen atoms in total. The standard InChI is InChI=1S/C18H18F3N5/c1-9(2)17-16(11-4-5-12-13(6-11)24-10(3)23-12)14-7-15(18(19,20)21)22-8-26(14)25-17/h5-9,11,23-24H,3-4H2,1-2H3. The van der Waals surface area contributed by atoms with Crippen molar-refractivity contribution in [2.24, 2.45) is 0 Å². The van der Waals surface area contributed by atoms with E-state index in [1.54, 1.807) is 0 Å². The summed E-state index contributed by atoms with van der Waals surface area (Å²) in [4.78, 5) is 3.51. The second-order valence-electron chi connectivity index (χ2n) is 6.82. The van der Waals surface area contributed by atoms with Crippen LogP contribution in [0.1, 0.15) is 49.1 Å². The molecule has 0 saturated carbocycles. The van der Waals surface area contributed by atoms with Crippen LogP contribution in [-0.4, -0.2) is 14.6 Å². The van der Waals surface area contributed by atoms with Crippen molar-refractivity contribution in [1.29, 1.82) is 0 Å². The zero-order valence-electron chi connectivity index (χ0n) is 14.4. The molecule has 2 aromatic heterocycles. The number of hydrogen-bond donors (Lipinski definition) is 2.